The second-order valence-corrected chi connectivity index (χ2v) is 7.55. The lowest BCUT2D eigenvalue weighted by molar-refractivity contribution is -0.122. The van der Waals surface area contributed by atoms with Crippen molar-refractivity contribution < 1.29 is 19.1 Å². The predicted molar refractivity (Wildman–Crippen MR) is 115 cm³/mol. The van der Waals surface area contributed by atoms with Crippen LogP contribution < -0.4 is 10.1 Å². The molecule has 3 rings (SSSR count). The molecule has 29 heavy (non-hydrogen) atoms. The summed E-state index contributed by atoms with van der Waals surface area (Å²) in [6, 6.07) is 14.5. The highest BCUT2D eigenvalue weighted by atomic mass is 32.2. The van der Waals surface area contributed by atoms with E-state index in [1.54, 1.807) is 30.3 Å². The molecule has 3 amide bonds. The molecule has 0 radical (unpaired) electrons. The Morgan fingerprint density at radius 2 is 1.86 bits per heavy atom. The zero-order chi connectivity index (χ0) is 20.8. The molecule has 0 unspecified atom stereocenters. The zero-order valence-corrected chi connectivity index (χ0v) is 17.1. The van der Waals surface area contributed by atoms with Crippen molar-refractivity contribution >= 4 is 40.6 Å². The number of benzene rings is 2. The number of rotatable bonds is 7. The molecule has 0 bridgehead atoms. The summed E-state index contributed by atoms with van der Waals surface area (Å²) in [5, 5.41) is 2.58. The molecule has 6 nitrogen and oxygen atoms in total. The van der Waals surface area contributed by atoms with Gasteiger partial charge in [0.25, 0.3) is 17.1 Å². The maximum Gasteiger partial charge on any atom is 0.293 e. The molecule has 0 saturated carbocycles. The lowest BCUT2D eigenvalue weighted by Crippen LogP contribution is -2.28. The number of nitrogens with one attached hydrogen (secondary N) is 1. The smallest absolute Gasteiger partial charge is 0.293 e. The monoisotopic (exact) mass is 410 g/mol. The molecule has 1 heterocycles. The van der Waals surface area contributed by atoms with Crippen molar-refractivity contribution in [2.24, 2.45) is 0 Å². The number of imide groups is 1. The summed E-state index contributed by atoms with van der Waals surface area (Å²) < 4.78 is 5.52. The Morgan fingerprint density at radius 3 is 2.55 bits per heavy atom. The number of aryl methyl sites for hydroxylation is 1. The van der Waals surface area contributed by atoms with Gasteiger partial charge in [-0.2, -0.15) is 0 Å². The Labute approximate surface area is 173 Å². The number of para-hydroxylation sites is 1. The topological polar surface area (TPSA) is 75.7 Å². The number of amides is 3. The van der Waals surface area contributed by atoms with Crippen molar-refractivity contribution in [2.45, 2.75) is 20.3 Å². The fourth-order valence-corrected chi connectivity index (χ4v) is 3.64. The molecule has 0 aromatic heterocycles. The van der Waals surface area contributed by atoms with Crippen molar-refractivity contribution in [1.82, 2.24) is 4.90 Å². The second-order valence-electron chi connectivity index (χ2n) is 6.55. The van der Waals surface area contributed by atoms with Gasteiger partial charge >= 0.3 is 0 Å². The fraction of sp³-hybridized carbons (Fsp3) is 0.227. The SMILES string of the molecule is CCCN1C(=O)S/C(=C\c2ccc(OCC(=O)Nc3ccccc3C)cc2)C1=O. The molecule has 2 aromatic carbocycles. The van der Waals surface area contributed by atoms with Gasteiger partial charge in [-0.05, 0) is 60.5 Å². The maximum atomic E-state index is 12.3. The van der Waals surface area contributed by atoms with Crippen molar-refractivity contribution in [3.8, 4) is 5.75 Å². The van der Waals surface area contributed by atoms with Gasteiger partial charge in [0.15, 0.2) is 6.61 Å². The largest absolute Gasteiger partial charge is 0.484 e. The first-order valence-corrected chi connectivity index (χ1v) is 10.1. The Balaban J connectivity index is 1.57. The van der Waals surface area contributed by atoms with Gasteiger partial charge in [0.1, 0.15) is 5.75 Å². The third-order valence-corrected chi connectivity index (χ3v) is 5.20. The van der Waals surface area contributed by atoms with Gasteiger partial charge in [-0.1, -0.05) is 37.3 Å². The average Bonchev–Trinajstić information content (AvgIpc) is 2.97. The van der Waals surface area contributed by atoms with Crippen LogP contribution in [0, 0.1) is 6.92 Å². The van der Waals surface area contributed by atoms with E-state index in [1.807, 2.05) is 38.1 Å². The molecule has 1 N–H and O–H groups in total. The highest BCUT2D eigenvalue weighted by molar-refractivity contribution is 8.18. The third kappa shape index (κ3) is 5.26. The van der Waals surface area contributed by atoms with Crippen LogP contribution in [0.2, 0.25) is 0 Å². The summed E-state index contributed by atoms with van der Waals surface area (Å²) in [6.45, 7) is 4.17. The van der Waals surface area contributed by atoms with Crippen LogP contribution in [0.15, 0.2) is 53.4 Å². The normalized spacial score (nSPS) is 15.1. The number of hydrogen-bond donors (Lipinski definition) is 1. The Morgan fingerprint density at radius 1 is 1.14 bits per heavy atom. The van der Waals surface area contributed by atoms with Gasteiger partial charge in [0, 0.05) is 12.2 Å². The number of ether oxygens (including phenoxy) is 1. The minimum Gasteiger partial charge on any atom is -0.484 e. The van der Waals surface area contributed by atoms with Crippen LogP contribution in [0.25, 0.3) is 6.08 Å². The van der Waals surface area contributed by atoms with Gasteiger partial charge < -0.3 is 10.1 Å². The summed E-state index contributed by atoms with van der Waals surface area (Å²) >= 11 is 0.951. The van der Waals surface area contributed by atoms with Crippen LogP contribution in [-0.4, -0.2) is 35.1 Å². The number of hydrogen-bond acceptors (Lipinski definition) is 5. The Hall–Kier alpha value is -3.06. The zero-order valence-electron chi connectivity index (χ0n) is 16.3. The van der Waals surface area contributed by atoms with E-state index in [4.69, 9.17) is 4.74 Å². The molecular weight excluding hydrogens is 388 g/mol. The third-order valence-electron chi connectivity index (χ3n) is 4.29. The first-order valence-electron chi connectivity index (χ1n) is 9.31. The van der Waals surface area contributed by atoms with Gasteiger partial charge in [-0.3, -0.25) is 19.3 Å². The minimum atomic E-state index is -0.255. The van der Waals surface area contributed by atoms with Crippen LogP contribution in [0.5, 0.6) is 5.75 Å². The number of nitrogens with zero attached hydrogens (tertiary/aromatic N) is 1. The molecule has 2 aromatic rings. The molecule has 0 spiro atoms. The van der Waals surface area contributed by atoms with Crippen molar-refractivity contribution in [3.63, 3.8) is 0 Å². The van der Waals surface area contributed by atoms with E-state index in [-0.39, 0.29) is 23.7 Å². The standard InChI is InChI=1S/C22H22N2O4S/c1-3-12-24-21(26)19(29-22(24)27)13-16-8-10-17(11-9-16)28-14-20(25)23-18-7-5-4-6-15(18)2/h4-11,13H,3,12,14H2,1-2H3,(H,23,25)/b19-13-. The van der Waals surface area contributed by atoms with Gasteiger partial charge in [0.2, 0.25) is 0 Å². The lowest BCUT2D eigenvalue weighted by atomic mass is 10.2. The first kappa shape index (κ1) is 20.7. The number of anilines is 1. The highest BCUT2D eigenvalue weighted by Gasteiger charge is 2.34. The molecule has 0 aliphatic carbocycles. The van der Waals surface area contributed by atoms with Crippen molar-refractivity contribution in [3.05, 3.63) is 64.6 Å². The van der Waals surface area contributed by atoms with E-state index in [1.165, 1.54) is 4.90 Å². The molecule has 7 heteroatoms. The predicted octanol–water partition coefficient (Wildman–Crippen LogP) is 4.46. The summed E-state index contributed by atoms with van der Waals surface area (Å²) in [5.74, 6) is 0.0456. The van der Waals surface area contributed by atoms with E-state index in [0.29, 0.717) is 17.2 Å². The fourth-order valence-electron chi connectivity index (χ4n) is 2.78. The second kappa shape index (κ2) is 9.43. The lowest BCUT2D eigenvalue weighted by Gasteiger charge is -2.10. The van der Waals surface area contributed by atoms with E-state index < -0.39 is 0 Å². The van der Waals surface area contributed by atoms with Crippen molar-refractivity contribution in [2.75, 3.05) is 18.5 Å². The van der Waals surface area contributed by atoms with Gasteiger partial charge in [0.05, 0.1) is 4.91 Å². The van der Waals surface area contributed by atoms with Crippen molar-refractivity contribution in [1.29, 1.82) is 0 Å². The first-order chi connectivity index (χ1) is 14.0. The molecular formula is C22H22N2O4S. The number of thioether (sulfide) groups is 1. The molecule has 0 atom stereocenters. The number of carbonyl (C=O) groups is 3. The summed E-state index contributed by atoms with van der Waals surface area (Å²) in [4.78, 5) is 37.9. The summed E-state index contributed by atoms with van der Waals surface area (Å²) in [6.07, 6.45) is 2.42. The van der Waals surface area contributed by atoms with Crippen LogP contribution in [0.3, 0.4) is 0 Å². The van der Waals surface area contributed by atoms with E-state index in [0.717, 1.165) is 35.0 Å². The molecule has 1 aliphatic rings. The summed E-state index contributed by atoms with van der Waals surface area (Å²) in [5.41, 5.74) is 2.52. The van der Waals surface area contributed by atoms with Crippen LogP contribution in [-0.2, 0) is 9.59 Å². The highest BCUT2D eigenvalue weighted by Crippen LogP contribution is 2.32. The van der Waals surface area contributed by atoms with E-state index in [9.17, 15) is 14.4 Å². The number of carbonyl (C=O) groups excluding carboxylic acids is 3. The van der Waals surface area contributed by atoms with Crippen LogP contribution in [0.4, 0.5) is 10.5 Å². The molecule has 1 aliphatic heterocycles. The van der Waals surface area contributed by atoms with E-state index >= 15 is 0 Å². The molecule has 1 fully saturated rings. The van der Waals surface area contributed by atoms with Crippen LogP contribution >= 0.6 is 11.8 Å². The summed E-state index contributed by atoms with van der Waals surface area (Å²) in [7, 11) is 0. The van der Waals surface area contributed by atoms with E-state index in [2.05, 4.69) is 5.32 Å². The average molecular weight is 410 g/mol. The Kier molecular flexibility index (Phi) is 6.72. The van der Waals surface area contributed by atoms with Gasteiger partial charge in [-0.25, -0.2) is 0 Å². The maximum absolute atomic E-state index is 12.3. The van der Waals surface area contributed by atoms with Crippen LogP contribution in [0.1, 0.15) is 24.5 Å². The molecule has 150 valence electrons. The van der Waals surface area contributed by atoms with Gasteiger partial charge in [-0.15, -0.1) is 0 Å². The minimum absolute atomic E-state index is 0.108. The molecule has 1 saturated heterocycles. The Bertz CT molecular complexity index is 954. The quantitative estimate of drug-likeness (QED) is 0.682.